The van der Waals surface area contributed by atoms with E-state index < -0.39 is 12.2 Å². The Kier molecular flexibility index (Phi) is 5.65. The lowest BCUT2D eigenvalue weighted by molar-refractivity contribution is -0.120. The van der Waals surface area contributed by atoms with Gasteiger partial charge in [-0.05, 0) is 11.1 Å². The van der Waals surface area contributed by atoms with Crippen molar-refractivity contribution in [1.82, 2.24) is 10.6 Å². The smallest absolute Gasteiger partial charge is 0.223 e. The lowest BCUT2D eigenvalue weighted by atomic mass is 10.0. The van der Waals surface area contributed by atoms with Crippen LogP contribution in [0.5, 0.6) is 0 Å². The fourth-order valence-electron chi connectivity index (χ4n) is 3.20. The maximum Gasteiger partial charge on any atom is 0.223 e. The molecule has 4 rings (SSSR count). The molecule has 2 aromatic carbocycles. The maximum absolute atomic E-state index is 11.0. The summed E-state index contributed by atoms with van der Waals surface area (Å²) >= 11 is 0. The van der Waals surface area contributed by atoms with Crippen LogP contribution in [0.2, 0.25) is 0 Å². The van der Waals surface area contributed by atoms with Crippen LogP contribution in [0.15, 0.2) is 60.7 Å². The minimum absolute atomic E-state index is 0.0821. The van der Waals surface area contributed by atoms with E-state index >= 15 is 0 Å². The first-order valence-corrected chi connectivity index (χ1v) is 8.59. The van der Waals surface area contributed by atoms with Gasteiger partial charge in [-0.1, -0.05) is 60.7 Å². The highest BCUT2D eigenvalue weighted by Crippen LogP contribution is 2.24. The SMILES string of the molecule is O=C1C[C@@H](O)[C@H](c2ccccc2)N1.O=C1C[C@@H](O)[C@H](c2ccccc2)N1. The van der Waals surface area contributed by atoms with Gasteiger partial charge in [0, 0.05) is 0 Å². The van der Waals surface area contributed by atoms with Crippen molar-refractivity contribution < 1.29 is 19.8 Å². The third-order valence-corrected chi connectivity index (χ3v) is 4.51. The average Bonchev–Trinajstić information content (AvgIpc) is 3.17. The summed E-state index contributed by atoms with van der Waals surface area (Å²) in [5, 5.41) is 24.5. The van der Waals surface area contributed by atoms with E-state index in [0.717, 1.165) is 11.1 Å². The fraction of sp³-hybridized carbons (Fsp3) is 0.300. The highest BCUT2D eigenvalue weighted by Gasteiger charge is 2.32. The number of nitrogens with one attached hydrogen (secondary N) is 2. The Morgan fingerprint density at radius 2 is 1.00 bits per heavy atom. The van der Waals surface area contributed by atoms with Gasteiger partial charge in [0.2, 0.25) is 11.8 Å². The van der Waals surface area contributed by atoms with Crippen molar-refractivity contribution in [2.75, 3.05) is 0 Å². The standard InChI is InChI=1S/2C10H11NO2/c2*12-8-6-9(13)11-10(8)7-4-2-1-3-5-7/h2*1-5,8,10,12H,6H2,(H,11,13)/t2*8-,10+/m11/s1. The van der Waals surface area contributed by atoms with Gasteiger partial charge in [-0.2, -0.15) is 0 Å². The Morgan fingerprint density at radius 3 is 1.27 bits per heavy atom. The normalized spacial score (nSPS) is 27.3. The van der Waals surface area contributed by atoms with Crippen LogP contribution in [0, 0.1) is 0 Å². The first-order chi connectivity index (χ1) is 12.5. The predicted molar refractivity (Wildman–Crippen MR) is 95.9 cm³/mol. The molecule has 0 aliphatic carbocycles. The molecule has 0 saturated carbocycles. The summed E-state index contributed by atoms with van der Waals surface area (Å²) in [5.74, 6) is -0.164. The molecule has 0 bridgehead atoms. The largest absolute Gasteiger partial charge is 0.390 e. The minimum Gasteiger partial charge on any atom is -0.390 e. The molecule has 4 atom stereocenters. The number of hydrogen-bond donors (Lipinski definition) is 4. The molecule has 6 heteroatoms. The number of aliphatic hydroxyl groups is 2. The Hall–Kier alpha value is -2.70. The molecule has 2 aliphatic heterocycles. The van der Waals surface area contributed by atoms with Gasteiger partial charge >= 0.3 is 0 Å². The molecule has 2 aromatic rings. The van der Waals surface area contributed by atoms with E-state index in [0.29, 0.717) is 0 Å². The molecule has 2 amide bonds. The highest BCUT2D eigenvalue weighted by molar-refractivity contribution is 5.80. The number of carbonyl (C=O) groups is 2. The van der Waals surface area contributed by atoms with Crippen molar-refractivity contribution in [3.63, 3.8) is 0 Å². The van der Waals surface area contributed by atoms with Gasteiger partial charge < -0.3 is 20.8 Å². The molecule has 0 aromatic heterocycles. The molecule has 0 unspecified atom stereocenters. The third kappa shape index (κ3) is 4.28. The van der Waals surface area contributed by atoms with Gasteiger partial charge in [0.05, 0.1) is 37.1 Å². The molecule has 136 valence electrons. The highest BCUT2D eigenvalue weighted by atomic mass is 16.3. The predicted octanol–water partition coefficient (Wildman–Crippen LogP) is 1.22. The first kappa shape index (κ1) is 18.1. The van der Waals surface area contributed by atoms with Crippen LogP contribution in [0.25, 0.3) is 0 Å². The molecule has 2 fully saturated rings. The van der Waals surface area contributed by atoms with Crippen LogP contribution in [0.1, 0.15) is 36.1 Å². The van der Waals surface area contributed by atoms with Gasteiger partial charge in [0.25, 0.3) is 0 Å². The summed E-state index contributed by atoms with van der Waals surface area (Å²) in [6.07, 6.45) is -0.760. The van der Waals surface area contributed by atoms with Crippen molar-refractivity contribution in [2.24, 2.45) is 0 Å². The lowest BCUT2D eigenvalue weighted by Crippen LogP contribution is -2.22. The van der Waals surface area contributed by atoms with Gasteiger partial charge in [-0.3, -0.25) is 9.59 Å². The topological polar surface area (TPSA) is 98.7 Å². The summed E-state index contributed by atoms with van der Waals surface area (Å²) < 4.78 is 0. The monoisotopic (exact) mass is 354 g/mol. The summed E-state index contributed by atoms with van der Waals surface area (Å²) in [6, 6.07) is 18.6. The number of aliphatic hydroxyl groups excluding tert-OH is 2. The van der Waals surface area contributed by atoms with E-state index in [1.165, 1.54) is 0 Å². The Bertz CT molecular complexity index is 685. The van der Waals surface area contributed by atoms with Gasteiger partial charge in [0.15, 0.2) is 0 Å². The molecular formula is C20H22N2O4. The second kappa shape index (κ2) is 8.12. The molecule has 2 aliphatic rings. The fourth-order valence-corrected chi connectivity index (χ4v) is 3.20. The second-order valence-electron chi connectivity index (χ2n) is 6.45. The van der Waals surface area contributed by atoms with Crippen molar-refractivity contribution >= 4 is 11.8 Å². The number of amides is 2. The van der Waals surface area contributed by atoms with E-state index in [2.05, 4.69) is 10.6 Å². The van der Waals surface area contributed by atoms with Crippen molar-refractivity contribution in [3.05, 3.63) is 71.8 Å². The molecule has 4 N–H and O–H groups in total. The molecule has 2 saturated heterocycles. The Labute approximate surface area is 151 Å². The summed E-state index contributed by atoms with van der Waals surface area (Å²) in [4.78, 5) is 21.9. The van der Waals surface area contributed by atoms with E-state index in [9.17, 15) is 19.8 Å². The molecule has 6 nitrogen and oxygen atoms in total. The molecule has 0 radical (unpaired) electrons. The molecule has 0 spiro atoms. The lowest BCUT2D eigenvalue weighted by Gasteiger charge is -2.13. The van der Waals surface area contributed by atoms with E-state index in [1.807, 2.05) is 60.7 Å². The van der Waals surface area contributed by atoms with E-state index in [4.69, 9.17) is 0 Å². The van der Waals surface area contributed by atoms with Crippen LogP contribution in [-0.4, -0.2) is 34.2 Å². The molecular weight excluding hydrogens is 332 g/mol. The van der Waals surface area contributed by atoms with Crippen molar-refractivity contribution in [3.8, 4) is 0 Å². The second-order valence-corrected chi connectivity index (χ2v) is 6.45. The van der Waals surface area contributed by atoms with Crippen LogP contribution >= 0.6 is 0 Å². The van der Waals surface area contributed by atoms with Crippen molar-refractivity contribution in [1.29, 1.82) is 0 Å². The minimum atomic E-state index is -0.588. The van der Waals surface area contributed by atoms with Gasteiger partial charge in [-0.25, -0.2) is 0 Å². The van der Waals surface area contributed by atoms with Crippen LogP contribution < -0.4 is 10.6 Å². The van der Waals surface area contributed by atoms with Crippen LogP contribution in [0.3, 0.4) is 0 Å². The maximum atomic E-state index is 11.0. The molecule has 26 heavy (non-hydrogen) atoms. The number of carbonyl (C=O) groups excluding carboxylic acids is 2. The number of hydrogen-bond acceptors (Lipinski definition) is 4. The quantitative estimate of drug-likeness (QED) is 0.652. The zero-order valence-electron chi connectivity index (χ0n) is 14.2. The first-order valence-electron chi connectivity index (χ1n) is 8.59. The van der Waals surface area contributed by atoms with E-state index in [-0.39, 0.29) is 36.7 Å². The average molecular weight is 354 g/mol. The number of rotatable bonds is 2. The van der Waals surface area contributed by atoms with Gasteiger partial charge in [-0.15, -0.1) is 0 Å². The zero-order valence-corrected chi connectivity index (χ0v) is 14.2. The van der Waals surface area contributed by atoms with Crippen molar-refractivity contribution in [2.45, 2.75) is 37.1 Å². The third-order valence-electron chi connectivity index (χ3n) is 4.51. The molecule has 2 heterocycles. The van der Waals surface area contributed by atoms with Gasteiger partial charge in [0.1, 0.15) is 0 Å². The summed E-state index contributed by atoms with van der Waals surface area (Å²) in [6.45, 7) is 0. The Morgan fingerprint density at radius 1 is 0.654 bits per heavy atom. The number of benzene rings is 2. The zero-order chi connectivity index (χ0) is 18.5. The van der Waals surface area contributed by atoms with Crippen LogP contribution in [-0.2, 0) is 9.59 Å². The van der Waals surface area contributed by atoms with E-state index in [1.54, 1.807) is 0 Å². The Balaban J connectivity index is 0.000000151. The summed E-state index contributed by atoms with van der Waals surface area (Å²) in [5.41, 5.74) is 1.92. The summed E-state index contributed by atoms with van der Waals surface area (Å²) in [7, 11) is 0. The van der Waals surface area contributed by atoms with Crippen LogP contribution in [0.4, 0.5) is 0 Å².